The van der Waals surface area contributed by atoms with Crippen LogP contribution in [-0.2, 0) is 14.8 Å². The molecular weight excluding hydrogens is 472 g/mol. The summed E-state index contributed by atoms with van der Waals surface area (Å²) in [6.07, 6.45) is 8.06. The number of hydrazine groups is 1. The van der Waals surface area contributed by atoms with Crippen molar-refractivity contribution in [1.29, 1.82) is 0 Å². The summed E-state index contributed by atoms with van der Waals surface area (Å²) in [5.41, 5.74) is 6.09. The van der Waals surface area contributed by atoms with Gasteiger partial charge in [0.05, 0.1) is 32.3 Å². The van der Waals surface area contributed by atoms with Gasteiger partial charge in [-0.3, -0.25) is 14.9 Å². The Labute approximate surface area is 205 Å². The minimum absolute atomic E-state index is 0.199. The highest BCUT2D eigenvalue weighted by atomic mass is 32.2. The molecule has 1 aromatic heterocycles. The summed E-state index contributed by atoms with van der Waals surface area (Å²) in [6, 6.07) is 0.309. The molecule has 1 N–H and O–H groups in total. The minimum atomic E-state index is -3.14. The van der Waals surface area contributed by atoms with Gasteiger partial charge in [-0.25, -0.2) is 33.1 Å². The Balaban J connectivity index is 1.41. The smallest absolute Gasteiger partial charge is 0.316 e. The van der Waals surface area contributed by atoms with Crippen LogP contribution in [0.15, 0.2) is 28.0 Å². The van der Waals surface area contributed by atoms with Crippen LogP contribution < -0.4 is 10.2 Å². The van der Waals surface area contributed by atoms with Crippen molar-refractivity contribution in [2.75, 3.05) is 65.8 Å². The second-order valence-electron chi connectivity index (χ2n) is 9.13. The molecule has 3 saturated heterocycles. The molecule has 13 heteroatoms. The summed E-state index contributed by atoms with van der Waals surface area (Å²) in [4.78, 5) is 20.8. The van der Waals surface area contributed by atoms with Crippen molar-refractivity contribution >= 4 is 27.8 Å². The lowest BCUT2D eigenvalue weighted by molar-refractivity contribution is 0.0309. The molecule has 0 spiro atoms. The number of aromatic nitrogens is 2. The number of methoxy groups -OCH3 is 1. The summed E-state index contributed by atoms with van der Waals surface area (Å²) < 4.78 is 36.0. The molecule has 190 valence electrons. The molecule has 3 fully saturated rings. The van der Waals surface area contributed by atoms with E-state index in [2.05, 4.69) is 25.3 Å². The first-order valence-electron chi connectivity index (χ1n) is 11.9. The van der Waals surface area contributed by atoms with Crippen molar-refractivity contribution < 1.29 is 17.9 Å². The maximum atomic E-state index is 11.9. The third kappa shape index (κ3) is 5.38. The molecule has 12 nitrogen and oxygen atoms in total. The molecule has 0 bridgehead atoms. The van der Waals surface area contributed by atoms with E-state index in [1.165, 1.54) is 13.4 Å². The molecule has 1 aromatic rings. The quantitative estimate of drug-likeness (QED) is 0.562. The number of aliphatic imine (C=N–C) groups is 2. The van der Waals surface area contributed by atoms with Crippen LogP contribution in [0.25, 0.3) is 5.70 Å². The first kappa shape index (κ1) is 24.3. The van der Waals surface area contributed by atoms with Crippen LogP contribution in [0.1, 0.15) is 18.4 Å². The SMILES string of the molecule is COc1ncc(C2=C3CNN(CC4CCN(S(C)(=O)=O)CC4)C3=NC(N3CCOCC3)C=N2)cn1. The van der Waals surface area contributed by atoms with Gasteiger partial charge in [-0.05, 0) is 18.8 Å². The molecule has 4 aliphatic heterocycles. The number of rotatable bonds is 6. The van der Waals surface area contributed by atoms with E-state index in [0.29, 0.717) is 44.8 Å². The Morgan fingerprint density at radius 2 is 1.86 bits per heavy atom. The molecule has 0 aliphatic carbocycles. The topological polar surface area (TPSA) is 125 Å². The first-order valence-corrected chi connectivity index (χ1v) is 13.8. The van der Waals surface area contributed by atoms with Gasteiger partial charge in [0.1, 0.15) is 12.0 Å². The Hall–Kier alpha value is -2.45. The highest BCUT2D eigenvalue weighted by Crippen LogP contribution is 2.29. The van der Waals surface area contributed by atoms with Gasteiger partial charge < -0.3 is 9.47 Å². The van der Waals surface area contributed by atoms with Gasteiger partial charge in [0.2, 0.25) is 10.0 Å². The summed E-state index contributed by atoms with van der Waals surface area (Å²) in [7, 11) is -1.60. The van der Waals surface area contributed by atoms with Crippen LogP contribution in [0, 0.1) is 5.92 Å². The Morgan fingerprint density at radius 3 is 2.51 bits per heavy atom. The number of nitrogens with zero attached hydrogens (tertiary/aromatic N) is 7. The largest absolute Gasteiger partial charge is 0.467 e. The standard InChI is InChI=1S/C22H32N8O4S/c1-33-22-24-11-17(12-25-22)20-18-13-26-30(15-16-3-5-29(6-4-16)35(2,31)32)21(18)27-19(14-23-20)28-7-9-34-10-8-28/h11-12,14,16,19,26H,3-10,13,15H2,1-2H3. The maximum absolute atomic E-state index is 11.9. The van der Waals surface area contributed by atoms with Crippen molar-refractivity contribution in [2.45, 2.75) is 19.0 Å². The van der Waals surface area contributed by atoms with E-state index in [1.807, 2.05) is 6.21 Å². The van der Waals surface area contributed by atoms with Crippen LogP contribution in [0.4, 0.5) is 0 Å². The lowest BCUT2D eigenvalue weighted by Crippen LogP contribution is -2.46. The normalized spacial score (nSPS) is 24.9. The van der Waals surface area contributed by atoms with Crippen LogP contribution in [0.5, 0.6) is 6.01 Å². The predicted molar refractivity (Wildman–Crippen MR) is 131 cm³/mol. The van der Waals surface area contributed by atoms with Gasteiger partial charge in [-0.15, -0.1) is 0 Å². The zero-order valence-electron chi connectivity index (χ0n) is 20.1. The van der Waals surface area contributed by atoms with Gasteiger partial charge in [0.25, 0.3) is 0 Å². The van der Waals surface area contributed by atoms with E-state index < -0.39 is 10.0 Å². The molecule has 0 amide bonds. The number of fused-ring (bicyclic) bond motifs is 1. The molecule has 1 unspecified atom stereocenters. The van der Waals surface area contributed by atoms with Crippen molar-refractivity contribution in [3.63, 3.8) is 0 Å². The molecule has 5 heterocycles. The average Bonchev–Trinajstić information content (AvgIpc) is 3.14. The van der Waals surface area contributed by atoms with Crippen LogP contribution in [0.3, 0.4) is 0 Å². The van der Waals surface area contributed by atoms with Gasteiger partial charge >= 0.3 is 6.01 Å². The number of ether oxygens (including phenoxy) is 2. The fraction of sp³-hybridized carbons (Fsp3) is 0.636. The molecule has 5 rings (SSSR count). The van der Waals surface area contributed by atoms with Crippen molar-refractivity contribution in [3.05, 3.63) is 23.5 Å². The van der Waals surface area contributed by atoms with E-state index in [-0.39, 0.29) is 6.17 Å². The summed E-state index contributed by atoms with van der Waals surface area (Å²) in [5, 5.41) is 2.11. The average molecular weight is 505 g/mol. The molecule has 0 saturated carbocycles. The summed E-state index contributed by atoms with van der Waals surface area (Å²) >= 11 is 0. The number of morpholine rings is 1. The third-order valence-electron chi connectivity index (χ3n) is 6.84. The highest BCUT2D eigenvalue weighted by molar-refractivity contribution is 7.88. The molecule has 4 aliphatic rings. The van der Waals surface area contributed by atoms with E-state index in [9.17, 15) is 8.42 Å². The van der Waals surface area contributed by atoms with Gasteiger partial charge in [0.15, 0.2) is 0 Å². The van der Waals surface area contributed by atoms with Gasteiger partial charge in [0, 0.05) is 69.0 Å². The summed E-state index contributed by atoms with van der Waals surface area (Å²) in [6.45, 7) is 5.39. The number of hydrogen-bond donors (Lipinski definition) is 1. The molecule has 0 aromatic carbocycles. The Kier molecular flexibility index (Phi) is 7.12. The number of nitrogens with one attached hydrogen (secondary N) is 1. The van der Waals surface area contributed by atoms with E-state index in [0.717, 1.165) is 55.1 Å². The number of hydrogen-bond acceptors (Lipinski definition) is 11. The molecular formula is C22H32N8O4S. The predicted octanol–water partition coefficient (Wildman–Crippen LogP) is -0.171. The lowest BCUT2D eigenvalue weighted by atomic mass is 9.98. The lowest BCUT2D eigenvalue weighted by Gasteiger charge is -2.33. The minimum Gasteiger partial charge on any atom is -0.467 e. The number of sulfonamides is 1. The zero-order valence-corrected chi connectivity index (χ0v) is 20.9. The fourth-order valence-corrected chi connectivity index (χ4v) is 5.72. The summed E-state index contributed by atoms with van der Waals surface area (Å²) in [5.74, 6) is 1.23. The zero-order chi connectivity index (χ0) is 24.4. The number of piperidine rings is 1. The second kappa shape index (κ2) is 10.3. The monoisotopic (exact) mass is 504 g/mol. The Morgan fingerprint density at radius 1 is 1.14 bits per heavy atom. The van der Waals surface area contributed by atoms with E-state index in [1.54, 1.807) is 16.7 Å². The van der Waals surface area contributed by atoms with Gasteiger partial charge in [-0.2, -0.15) is 0 Å². The highest BCUT2D eigenvalue weighted by Gasteiger charge is 2.34. The van der Waals surface area contributed by atoms with Crippen molar-refractivity contribution in [3.8, 4) is 6.01 Å². The van der Waals surface area contributed by atoms with Crippen LogP contribution in [0.2, 0.25) is 0 Å². The molecule has 1 atom stereocenters. The molecule has 35 heavy (non-hydrogen) atoms. The van der Waals surface area contributed by atoms with Crippen LogP contribution >= 0.6 is 0 Å². The van der Waals surface area contributed by atoms with Crippen LogP contribution in [-0.4, -0.2) is 117 Å². The second-order valence-corrected chi connectivity index (χ2v) is 11.1. The van der Waals surface area contributed by atoms with E-state index in [4.69, 9.17) is 19.5 Å². The van der Waals surface area contributed by atoms with Gasteiger partial charge in [-0.1, -0.05) is 0 Å². The van der Waals surface area contributed by atoms with Crippen molar-refractivity contribution in [1.82, 2.24) is 29.6 Å². The third-order valence-corrected chi connectivity index (χ3v) is 8.14. The van der Waals surface area contributed by atoms with E-state index >= 15 is 0 Å². The Bertz CT molecular complexity index is 1110. The fourth-order valence-electron chi connectivity index (χ4n) is 4.85. The number of amidine groups is 1. The molecule has 0 radical (unpaired) electrons. The first-order chi connectivity index (χ1) is 16.9. The van der Waals surface area contributed by atoms with Crippen molar-refractivity contribution in [2.24, 2.45) is 15.9 Å². The maximum Gasteiger partial charge on any atom is 0.316 e.